The SMILES string of the molecule is COC(C)(C)C#Cc1nc(C)n(CCOc2ccc(Cl)cc2)c1C(=O)CCc1ccc(C(=O)O)cc1. The van der Waals surface area contributed by atoms with Crippen LogP contribution >= 0.6 is 11.6 Å². The summed E-state index contributed by atoms with van der Waals surface area (Å²) in [7, 11) is 1.58. The predicted octanol–water partition coefficient (Wildman–Crippen LogP) is 5.21. The minimum absolute atomic E-state index is 0.107. The van der Waals surface area contributed by atoms with E-state index in [1.807, 2.05) is 25.3 Å². The number of nitrogens with zero attached hydrogens (tertiary/aromatic N) is 2. The number of hydrogen-bond donors (Lipinski definition) is 1. The molecule has 0 atom stereocenters. The van der Waals surface area contributed by atoms with Gasteiger partial charge >= 0.3 is 5.97 Å². The minimum Gasteiger partial charge on any atom is -0.492 e. The molecule has 1 N–H and O–H groups in total. The molecule has 0 saturated heterocycles. The maximum absolute atomic E-state index is 13.4. The molecule has 0 spiro atoms. The molecule has 7 nitrogen and oxygen atoms in total. The Morgan fingerprint density at radius 1 is 1.11 bits per heavy atom. The Kier molecular flexibility index (Phi) is 8.92. The highest BCUT2D eigenvalue weighted by molar-refractivity contribution is 6.30. The van der Waals surface area contributed by atoms with Crippen LogP contribution in [-0.4, -0.2) is 45.7 Å². The van der Waals surface area contributed by atoms with E-state index < -0.39 is 11.6 Å². The first kappa shape index (κ1) is 27.0. The van der Waals surface area contributed by atoms with Gasteiger partial charge in [-0.1, -0.05) is 29.7 Å². The molecule has 0 amide bonds. The van der Waals surface area contributed by atoms with Gasteiger partial charge in [0.1, 0.15) is 35.2 Å². The molecule has 3 rings (SSSR count). The zero-order chi connectivity index (χ0) is 26.3. The van der Waals surface area contributed by atoms with Crippen LogP contribution in [0.3, 0.4) is 0 Å². The van der Waals surface area contributed by atoms with Crippen LogP contribution in [0.4, 0.5) is 0 Å². The molecular weight excluding hydrogens is 480 g/mol. The van der Waals surface area contributed by atoms with Gasteiger partial charge in [0.25, 0.3) is 0 Å². The van der Waals surface area contributed by atoms with E-state index in [0.717, 1.165) is 5.56 Å². The van der Waals surface area contributed by atoms with E-state index in [9.17, 15) is 9.59 Å². The first-order valence-electron chi connectivity index (χ1n) is 11.5. The number of benzene rings is 2. The largest absolute Gasteiger partial charge is 0.492 e. The number of carboxylic acid groups (broad SMARTS) is 1. The van der Waals surface area contributed by atoms with Gasteiger partial charge in [-0.3, -0.25) is 4.79 Å². The second kappa shape index (κ2) is 11.9. The number of aryl methyl sites for hydroxylation is 2. The normalized spacial score (nSPS) is 11.0. The fourth-order valence-electron chi connectivity index (χ4n) is 3.44. The molecule has 3 aromatic rings. The molecule has 36 heavy (non-hydrogen) atoms. The molecule has 8 heteroatoms. The topological polar surface area (TPSA) is 90.7 Å². The molecule has 0 bridgehead atoms. The maximum Gasteiger partial charge on any atom is 0.335 e. The summed E-state index contributed by atoms with van der Waals surface area (Å²) < 4.78 is 13.0. The molecule has 0 fully saturated rings. The fourth-order valence-corrected chi connectivity index (χ4v) is 3.57. The summed E-state index contributed by atoms with van der Waals surface area (Å²) in [5.41, 5.74) is 1.21. The van der Waals surface area contributed by atoms with Crippen molar-refractivity contribution in [3.8, 4) is 17.6 Å². The molecule has 188 valence electrons. The van der Waals surface area contributed by atoms with E-state index in [2.05, 4.69) is 16.8 Å². The van der Waals surface area contributed by atoms with Gasteiger partial charge in [0.05, 0.1) is 12.1 Å². The monoisotopic (exact) mass is 508 g/mol. The number of ketones is 1. The number of rotatable bonds is 10. The molecule has 0 radical (unpaired) electrons. The third-order valence-electron chi connectivity index (χ3n) is 5.65. The molecule has 0 unspecified atom stereocenters. The van der Waals surface area contributed by atoms with Crippen molar-refractivity contribution in [3.05, 3.63) is 81.9 Å². The van der Waals surface area contributed by atoms with Crippen LogP contribution in [0.5, 0.6) is 5.75 Å². The standard InChI is InChI=1S/C28H29ClN2O5/c1-19-30-24(15-16-28(2,3)35-4)26(31(19)17-18-36-23-12-10-22(29)11-13-23)25(32)14-7-20-5-8-21(9-6-20)27(33)34/h5-6,8-13H,7,14,17-18H2,1-4H3,(H,33,34). The van der Waals surface area contributed by atoms with Crippen molar-refractivity contribution in [3.63, 3.8) is 0 Å². The smallest absolute Gasteiger partial charge is 0.335 e. The second-order valence-electron chi connectivity index (χ2n) is 8.70. The Morgan fingerprint density at radius 3 is 2.39 bits per heavy atom. The Labute approximate surface area is 216 Å². The fraction of sp³-hybridized carbons (Fsp3) is 0.321. The molecule has 1 aromatic heterocycles. The van der Waals surface area contributed by atoms with Gasteiger partial charge in [0.15, 0.2) is 5.78 Å². The van der Waals surface area contributed by atoms with Crippen LogP contribution in [0.25, 0.3) is 0 Å². The van der Waals surface area contributed by atoms with Crippen LogP contribution in [0.2, 0.25) is 5.02 Å². The number of carboxylic acids is 1. The third kappa shape index (κ3) is 7.20. The van der Waals surface area contributed by atoms with Crippen LogP contribution < -0.4 is 4.74 Å². The van der Waals surface area contributed by atoms with Crippen molar-refractivity contribution in [2.24, 2.45) is 0 Å². The molecule has 2 aromatic carbocycles. The number of aromatic nitrogens is 2. The number of imidazole rings is 1. The number of halogens is 1. The summed E-state index contributed by atoms with van der Waals surface area (Å²) in [6.07, 6.45) is 0.679. The van der Waals surface area contributed by atoms with E-state index in [0.29, 0.717) is 47.6 Å². The van der Waals surface area contributed by atoms with Crippen molar-refractivity contribution >= 4 is 23.4 Å². The predicted molar refractivity (Wildman–Crippen MR) is 138 cm³/mol. The number of aromatic carboxylic acids is 1. The van der Waals surface area contributed by atoms with Crippen LogP contribution in [0.1, 0.15) is 58.2 Å². The van der Waals surface area contributed by atoms with E-state index in [-0.39, 0.29) is 17.8 Å². The number of methoxy groups -OCH3 is 1. The molecule has 0 aliphatic carbocycles. The van der Waals surface area contributed by atoms with E-state index >= 15 is 0 Å². The highest BCUT2D eigenvalue weighted by atomic mass is 35.5. The number of carbonyl (C=O) groups is 2. The van der Waals surface area contributed by atoms with Gasteiger partial charge in [-0.05, 0) is 75.1 Å². The maximum atomic E-state index is 13.4. The Balaban J connectivity index is 1.82. The van der Waals surface area contributed by atoms with E-state index in [1.54, 1.807) is 43.5 Å². The van der Waals surface area contributed by atoms with E-state index in [1.165, 1.54) is 12.1 Å². The van der Waals surface area contributed by atoms with Gasteiger partial charge in [-0.2, -0.15) is 0 Å². The van der Waals surface area contributed by atoms with Crippen LogP contribution in [0, 0.1) is 18.8 Å². The molecule has 0 saturated carbocycles. The number of hydrogen-bond acceptors (Lipinski definition) is 5. The van der Waals surface area contributed by atoms with Gasteiger partial charge in [-0.25, -0.2) is 9.78 Å². The summed E-state index contributed by atoms with van der Waals surface area (Å²) in [5.74, 6) is 6.31. The Morgan fingerprint density at radius 2 is 1.78 bits per heavy atom. The Hall–Kier alpha value is -3.60. The van der Waals surface area contributed by atoms with Gasteiger partial charge in [-0.15, -0.1) is 0 Å². The average Bonchev–Trinajstić information content (AvgIpc) is 3.18. The van der Waals surface area contributed by atoms with Gasteiger partial charge in [0, 0.05) is 18.6 Å². The minimum atomic E-state index is -0.986. The summed E-state index contributed by atoms with van der Waals surface area (Å²) in [5, 5.41) is 9.71. The summed E-state index contributed by atoms with van der Waals surface area (Å²) in [6, 6.07) is 13.6. The van der Waals surface area contributed by atoms with E-state index in [4.69, 9.17) is 26.2 Å². The van der Waals surface area contributed by atoms with Crippen molar-refractivity contribution < 1.29 is 24.2 Å². The average molecular weight is 509 g/mol. The zero-order valence-electron chi connectivity index (χ0n) is 20.8. The summed E-state index contributed by atoms with van der Waals surface area (Å²) >= 11 is 5.94. The van der Waals surface area contributed by atoms with Crippen molar-refractivity contribution in [2.75, 3.05) is 13.7 Å². The second-order valence-corrected chi connectivity index (χ2v) is 9.14. The van der Waals surface area contributed by atoms with Crippen molar-refractivity contribution in [2.45, 2.75) is 45.8 Å². The molecule has 1 heterocycles. The number of ether oxygens (including phenoxy) is 2. The quantitative estimate of drug-likeness (QED) is 0.298. The molecule has 0 aliphatic heterocycles. The van der Waals surface area contributed by atoms with Crippen LogP contribution in [0.15, 0.2) is 48.5 Å². The first-order valence-corrected chi connectivity index (χ1v) is 11.9. The van der Waals surface area contributed by atoms with Gasteiger partial charge in [0.2, 0.25) is 0 Å². The zero-order valence-corrected chi connectivity index (χ0v) is 21.6. The number of Topliss-reactive ketones (excluding diaryl/α,β-unsaturated/α-hetero) is 1. The van der Waals surface area contributed by atoms with Gasteiger partial charge < -0.3 is 19.1 Å². The third-order valence-corrected chi connectivity index (χ3v) is 5.91. The summed E-state index contributed by atoms with van der Waals surface area (Å²) in [4.78, 5) is 29.1. The number of carbonyl (C=O) groups excluding carboxylic acids is 1. The molecule has 0 aliphatic rings. The highest BCUT2D eigenvalue weighted by Gasteiger charge is 2.21. The van der Waals surface area contributed by atoms with Crippen molar-refractivity contribution in [1.29, 1.82) is 0 Å². The first-order chi connectivity index (χ1) is 17.1. The lowest BCUT2D eigenvalue weighted by Gasteiger charge is -2.14. The highest BCUT2D eigenvalue weighted by Crippen LogP contribution is 2.19. The lowest BCUT2D eigenvalue weighted by Crippen LogP contribution is -2.19. The Bertz CT molecular complexity index is 1280. The molecular formula is C28H29ClN2O5. The van der Waals surface area contributed by atoms with Crippen LogP contribution in [-0.2, 0) is 17.7 Å². The lowest BCUT2D eigenvalue weighted by molar-refractivity contribution is 0.0696. The summed E-state index contributed by atoms with van der Waals surface area (Å²) in [6.45, 7) is 6.24. The van der Waals surface area contributed by atoms with Crippen molar-refractivity contribution in [1.82, 2.24) is 9.55 Å². The lowest BCUT2D eigenvalue weighted by atomic mass is 10.0.